The number of ether oxygens (including phenoxy) is 3. The van der Waals surface area contributed by atoms with Crippen molar-refractivity contribution in [1.82, 2.24) is 19.9 Å². The molecule has 314 valence electrons. The van der Waals surface area contributed by atoms with Gasteiger partial charge in [0.2, 0.25) is 0 Å². The van der Waals surface area contributed by atoms with Gasteiger partial charge in [-0.1, -0.05) is 43.0 Å². The van der Waals surface area contributed by atoms with Crippen LogP contribution in [0.1, 0.15) is 79.2 Å². The number of hydrogen-bond donors (Lipinski definition) is 0. The van der Waals surface area contributed by atoms with Gasteiger partial charge >= 0.3 is 12.3 Å². The molecule has 1 amide bonds. The predicted molar refractivity (Wildman–Crippen MR) is 222 cm³/mol. The van der Waals surface area contributed by atoms with Gasteiger partial charge in [-0.15, -0.1) is 0 Å². The number of nitrogens with zero attached hydrogens (tertiary/aromatic N) is 7. The average Bonchev–Trinajstić information content (AvgIpc) is 3.19. The van der Waals surface area contributed by atoms with Crippen molar-refractivity contribution < 1.29 is 32.2 Å². The molecule has 0 spiro atoms. The van der Waals surface area contributed by atoms with Crippen molar-refractivity contribution in [3.8, 4) is 17.6 Å². The number of rotatable bonds is 11. The number of aromatic nitrogens is 3. The molecule has 2 aromatic heterocycles. The highest BCUT2D eigenvalue weighted by molar-refractivity contribution is 7.98. The number of hydrogen-bond acceptors (Lipinski definition) is 11. The van der Waals surface area contributed by atoms with Gasteiger partial charge in [0.05, 0.1) is 49.7 Å². The first-order chi connectivity index (χ1) is 28.0. The predicted octanol–water partition coefficient (Wildman–Crippen LogP) is 9.00. The Morgan fingerprint density at radius 2 is 1.56 bits per heavy atom. The van der Waals surface area contributed by atoms with E-state index in [9.17, 15) is 10.1 Å². The Balaban J connectivity index is 1.38. The van der Waals surface area contributed by atoms with E-state index in [1.807, 2.05) is 66.6 Å². The van der Waals surface area contributed by atoms with E-state index in [4.69, 9.17) is 29.2 Å². The fourth-order valence-electron chi connectivity index (χ4n) is 7.95. The number of amides is 1. The molecule has 0 saturated carbocycles. The summed E-state index contributed by atoms with van der Waals surface area (Å²) >= 11 is 1.36. The first kappa shape index (κ1) is 43.4. The number of fused-ring (bicyclic) bond motifs is 1. The number of benzene rings is 2. The molecule has 15 heteroatoms. The number of carbonyl (C=O) groups excluding carboxylic acids is 1. The fourth-order valence-corrected chi connectivity index (χ4v) is 8.33. The highest BCUT2D eigenvalue weighted by Gasteiger charge is 2.43. The van der Waals surface area contributed by atoms with E-state index in [0.717, 1.165) is 16.7 Å². The lowest BCUT2D eigenvalue weighted by molar-refractivity contribution is -0.139. The van der Waals surface area contributed by atoms with Gasteiger partial charge in [0, 0.05) is 44.2 Å². The lowest BCUT2D eigenvalue weighted by atomic mass is 9.75. The van der Waals surface area contributed by atoms with Crippen molar-refractivity contribution in [3.63, 3.8) is 0 Å². The van der Waals surface area contributed by atoms with Crippen LogP contribution < -0.4 is 19.3 Å². The van der Waals surface area contributed by atoms with Crippen molar-refractivity contribution in [2.45, 2.75) is 95.9 Å². The van der Waals surface area contributed by atoms with E-state index in [0.29, 0.717) is 73.1 Å². The minimum Gasteiger partial charge on any atom is -0.497 e. The number of thioether (sulfide) groups is 1. The van der Waals surface area contributed by atoms with Gasteiger partial charge < -0.3 is 28.9 Å². The third-order valence-electron chi connectivity index (χ3n) is 10.9. The van der Waals surface area contributed by atoms with Gasteiger partial charge in [-0.3, -0.25) is 0 Å². The van der Waals surface area contributed by atoms with Gasteiger partial charge in [0.25, 0.3) is 0 Å². The maximum Gasteiger partial charge on any atom is 0.418 e. The normalized spacial score (nSPS) is 18.2. The van der Waals surface area contributed by atoms with Crippen LogP contribution in [0.15, 0.2) is 59.8 Å². The summed E-state index contributed by atoms with van der Waals surface area (Å²) in [7, 11) is 3.20. The molecule has 1 aliphatic heterocycles. The number of anilines is 2. The lowest BCUT2D eigenvalue weighted by Crippen LogP contribution is -2.56. The van der Waals surface area contributed by atoms with Crippen LogP contribution in [0.3, 0.4) is 0 Å². The maximum atomic E-state index is 15.2. The number of pyridine rings is 1. The molecule has 4 aromatic rings. The molecule has 3 heterocycles. The highest BCUT2D eigenvalue weighted by atomic mass is 32.2. The molecule has 2 aromatic carbocycles. The smallest absolute Gasteiger partial charge is 0.418 e. The Kier molecular flexibility index (Phi) is 13.2. The summed E-state index contributed by atoms with van der Waals surface area (Å²) in [5, 5.41) is 10.2. The van der Waals surface area contributed by atoms with Crippen molar-refractivity contribution >= 4 is 29.5 Å². The molecule has 1 fully saturated rings. The van der Waals surface area contributed by atoms with Crippen molar-refractivity contribution in [3.05, 3.63) is 93.8 Å². The summed E-state index contributed by atoms with van der Waals surface area (Å²) in [6.07, 6.45) is -2.50. The molecular formula is C44H52F3N7O4S. The molecular weight excluding hydrogens is 780 g/mol. The van der Waals surface area contributed by atoms with E-state index in [-0.39, 0.29) is 30.0 Å². The van der Waals surface area contributed by atoms with Crippen LogP contribution in [0.2, 0.25) is 0 Å². The van der Waals surface area contributed by atoms with E-state index in [2.05, 4.69) is 11.0 Å². The van der Waals surface area contributed by atoms with E-state index >= 15 is 13.2 Å². The second-order valence-corrected chi connectivity index (χ2v) is 17.0. The molecule has 2 aliphatic rings. The van der Waals surface area contributed by atoms with Crippen molar-refractivity contribution in [2.75, 3.05) is 49.9 Å². The van der Waals surface area contributed by atoms with Crippen LogP contribution in [0.4, 0.5) is 29.6 Å². The number of nitriles is 1. The third kappa shape index (κ3) is 10.1. The summed E-state index contributed by atoms with van der Waals surface area (Å²) in [5.41, 5.74) is 2.13. The second kappa shape index (κ2) is 17.9. The molecule has 1 aliphatic carbocycles. The summed E-state index contributed by atoms with van der Waals surface area (Å²) in [6.45, 7) is 10.8. The number of alkyl halides is 3. The average molecular weight is 832 g/mol. The number of methoxy groups -OCH3 is 2. The van der Waals surface area contributed by atoms with Crippen LogP contribution in [-0.4, -0.2) is 77.7 Å². The maximum absolute atomic E-state index is 15.2. The number of halogens is 3. The Bertz CT molecular complexity index is 2110. The molecule has 0 N–H and O–H groups in total. The van der Waals surface area contributed by atoms with Gasteiger partial charge in [0.15, 0.2) is 5.16 Å². The van der Waals surface area contributed by atoms with Crippen LogP contribution >= 0.6 is 11.8 Å². The highest BCUT2D eigenvalue weighted by Crippen LogP contribution is 2.46. The zero-order valence-electron chi connectivity index (χ0n) is 34.9. The molecule has 6 rings (SSSR count). The molecule has 11 nitrogen and oxygen atoms in total. The van der Waals surface area contributed by atoms with Crippen molar-refractivity contribution in [2.24, 2.45) is 5.92 Å². The SMILES string of the molecule is COc1ccc(CN(Cc2ccc(OC)cc2)c2cc(C)c(C(F)(F)F)c(C3Cc4nc(SC)nc(N5CCN(C(=O)OC(C)(C)C)[C@@H](CC#N)C5)c4CC3C)n2)cc1. The first-order valence-electron chi connectivity index (χ1n) is 19.7. The molecule has 0 radical (unpaired) electrons. The monoisotopic (exact) mass is 831 g/mol. The topological polar surface area (TPSA) is 117 Å². The van der Waals surface area contributed by atoms with Gasteiger partial charge in [-0.2, -0.15) is 18.4 Å². The number of piperazine rings is 1. The molecule has 0 bridgehead atoms. The Labute approximate surface area is 348 Å². The minimum atomic E-state index is -4.65. The molecule has 1 saturated heterocycles. The number of aryl methyl sites for hydroxylation is 1. The van der Waals surface area contributed by atoms with Gasteiger partial charge in [-0.05, 0) is 99.7 Å². The van der Waals surface area contributed by atoms with Crippen LogP contribution in [0.25, 0.3) is 0 Å². The Morgan fingerprint density at radius 3 is 2.08 bits per heavy atom. The zero-order valence-corrected chi connectivity index (χ0v) is 35.7. The molecule has 59 heavy (non-hydrogen) atoms. The largest absolute Gasteiger partial charge is 0.497 e. The Morgan fingerprint density at radius 1 is 0.949 bits per heavy atom. The summed E-state index contributed by atoms with van der Waals surface area (Å²) in [4.78, 5) is 33.6. The van der Waals surface area contributed by atoms with Gasteiger partial charge in [-0.25, -0.2) is 19.7 Å². The summed E-state index contributed by atoms with van der Waals surface area (Å²) in [5.74, 6) is 1.67. The van der Waals surface area contributed by atoms with Crippen molar-refractivity contribution in [1.29, 1.82) is 5.26 Å². The molecule has 3 atom stereocenters. The summed E-state index contributed by atoms with van der Waals surface area (Å²) < 4.78 is 62.0. The third-order valence-corrected chi connectivity index (χ3v) is 11.4. The van der Waals surface area contributed by atoms with E-state index in [1.165, 1.54) is 18.7 Å². The minimum absolute atomic E-state index is 0.00559. The second-order valence-electron chi connectivity index (χ2n) is 16.2. The van der Waals surface area contributed by atoms with Crippen LogP contribution in [-0.2, 0) is 36.8 Å². The van der Waals surface area contributed by atoms with E-state index in [1.54, 1.807) is 46.0 Å². The number of carbonyl (C=O) groups is 1. The zero-order chi connectivity index (χ0) is 42.6. The first-order valence-corrected chi connectivity index (χ1v) is 20.9. The standard InChI is InChI=1S/C44H52F3N7O4S/c1-27-21-35-36(49-41(59-8)51-40(35)52-19-20-54(31(26-52)17-18-48)42(55)58-43(3,4)5)23-34(27)39-38(44(45,46)47)28(2)22-37(50-39)53(24-29-9-13-32(56-6)14-10-29)25-30-11-15-33(57-7)16-12-30/h9-16,22,27,31,34H,17,19-21,23-26H2,1-8H3/t27?,31-,34?/m0/s1. The van der Waals surface area contributed by atoms with Gasteiger partial charge in [0.1, 0.15) is 28.7 Å². The van der Waals surface area contributed by atoms with Crippen LogP contribution in [0.5, 0.6) is 11.5 Å². The Hall–Kier alpha value is -5.23. The van der Waals surface area contributed by atoms with E-state index < -0.39 is 35.4 Å². The quantitative estimate of drug-likeness (QED) is 0.107. The lowest BCUT2D eigenvalue weighted by Gasteiger charge is -2.42. The fraction of sp³-hybridized carbons (Fsp3) is 0.477. The van der Waals surface area contributed by atoms with Crippen LogP contribution in [0, 0.1) is 24.2 Å². The molecule has 2 unspecified atom stereocenters. The summed E-state index contributed by atoms with van der Waals surface area (Å²) in [6, 6.07) is 18.5.